The van der Waals surface area contributed by atoms with Crippen LogP contribution in [0.15, 0.2) is 173 Å². The van der Waals surface area contributed by atoms with Crippen LogP contribution in [-0.4, -0.2) is 0 Å². The number of para-hydroxylation sites is 1. The van der Waals surface area contributed by atoms with Gasteiger partial charge in [0.15, 0.2) is 0 Å². The topological polar surface area (TPSA) is 16.4 Å². The summed E-state index contributed by atoms with van der Waals surface area (Å²) in [5, 5.41) is 4.79. The summed E-state index contributed by atoms with van der Waals surface area (Å²) in [6, 6.07) is 37.7. The molecule has 0 amide bonds. The van der Waals surface area contributed by atoms with Crippen LogP contribution in [0.25, 0.3) is 49.4 Å². The van der Waals surface area contributed by atoms with Gasteiger partial charge < -0.3 is 9.32 Å². The number of anilines is 2. The highest BCUT2D eigenvalue weighted by molar-refractivity contribution is 6.19. The molecule has 1 heterocycles. The fourth-order valence-electron chi connectivity index (χ4n) is 7.65. The lowest BCUT2D eigenvalue weighted by Crippen LogP contribution is -2.25. The Balaban J connectivity index is 1.12. The summed E-state index contributed by atoms with van der Waals surface area (Å²) in [6.07, 6.45) is 26.3. The molecule has 3 aliphatic rings. The Bertz CT molecular complexity index is 2360. The maximum atomic E-state index is 6.21. The molecule has 0 bridgehead atoms. The molecule has 0 radical (unpaired) electrons. The van der Waals surface area contributed by atoms with Crippen molar-refractivity contribution in [1.29, 1.82) is 0 Å². The maximum Gasteiger partial charge on any atom is 0.136 e. The van der Waals surface area contributed by atoms with Crippen molar-refractivity contribution in [2.75, 3.05) is 4.90 Å². The van der Waals surface area contributed by atoms with E-state index in [0.29, 0.717) is 5.92 Å². The first-order valence-corrected chi connectivity index (χ1v) is 17.3. The summed E-state index contributed by atoms with van der Waals surface area (Å²) >= 11 is 0. The molecule has 6 aromatic rings. The molecule has 9 rings (SSSR count). The Kier molecular flexibility index (Phi) is 7.28. The molecule has 0 fully saturated rings. The van der Waals surface area contributed by atoms with E-state index in [0.717, 1.165) is 48.7 Å². The van der Waals surface area contributed by atoms with Gasteiger partial charge in [-0.25, -0.2) is 0 Å². The van der Waals surface area contributed by atoms with Crippen LogP contribution in [0.3, 0.4) is 0 Å². The Morgan fingerprint density at radius 2 is 1.31 bits per heavy atom. The highest BCUT2D eigenvalue weighted by Crippen LogP contribution is 2.42. The van der Waals surface area contributed by atoms with Gasteiger partial charge in [-0.15, -0.1) is 0 Å². The molecule has 3 aliphatic carbocycles. The highest BCUT2D eigenvalue weighted by atomic mass is 16.3. The van der Waals surface area contributed by atoms with Crippen molar-refractivity contribution in [3.8, 4) is 11.1 Å². The van der Waals surface area contributed by atoms with Crippen LogP contribution in [-0.2, 0) is 0 Å². The molecule has 0 aliphatic heterocycles. The van der Waals surface area contributed by atoms with Crippen molar-refractivity contribution >= 4 is 49.7 Å². The van der Waals surface area contributed by atoms with E-state index in [4.69, 9.17) is 4.42 Å². The second-order valence-corrected chi connectivity index (χ2v) is 13.0. The highest BCUT2D eigenvalue weighted by Gasteiger charge is 2.26. The first-order chi connectivity index (χ1) is 23.8. The smallest absolute Gasteiger partial charge is 0.136 e. The number of hydrogen-bond donors (Lipinski definition) is 0. The van der Waals surface area contributed by atoms with Gasteiger partial charge >= 0.3 is 0 Å². The van der Waals surface area contributed by atoms with E-state index in [-0.39, 0.29) is 0 Å². The lowest BCUT2D eigenvalue weighted by molar-refractivity contribution is 0.669. The standard InChI is InChI=1S/C46H37NO/c1-3-11-32(12-4-1)33-21-26-38(27-22-33)47(43-17-9-7-15-40(43)35-13-5-2-6-14-35)39-28-23-34(24-29-39)37-20-19-36-25-30-45-46(42(36)31-37)41-16-8-10-18-44(41)48-45/h3,5,7-14,16-31,40H,1-2,4,6,15H2. The molecule has 0 spiro atoms. The fraction of sp³-hybridized carbons (Fsp3) is 0.130. The van der Waals surface area contributed by atoms with Gasteiger partial charge in [-0.3, -0.25) is 0 Å². The molecule has 2 heteroatoms. The maximum absolute atomic E-state index is 6.21. The molecule has 1 atom stereocenters. The Morgan fingerprint density at radius 1 is 0.583 bits per heavy atom. The van der Waals surface area contributed by atoms with E-state index in [9.17, 15) is 0 Å². The van der Waals surface area contributed by atoms with E-state index < -0.39 is 0 Å². The summed E-state index contributed by atoms with van der Waals surface area (Å²) < 4.78 is 6.21. The van der Waals surface area contributed by atoms with E-state index in [1.807, 2.05) is 6.07 Å². The van der Waals surface area contributed by atoms with E-state index >= 15 is 0 Å². The Morgan fingerprint density at radius 3 is 2.08 bits per heavy atom. The molecule has 0 saturated heterocycles. The van der Waals surface area contributed by atoms with Gasteiger partial charge in [-0.05, 0) is 119 Å². The number of rotatable bonds is 6. The van der Waals surface area contributed by atoms with Gasteiger partial charge in [-0.1, -0.05) is 109 Å². The van der Waals surface area contributed by atoms with Crippen LogP contribution in [0.1, 0.15) is 37.7 Å². The second-order valence-electron chi connectivity index (χ2n) is 13.0. The monoisotopic (exact) mass is 619 g/mol. The van der Waals surface area contributed by atoms with E-state index in [1.165, 1.54) is 61.1 Å². The van der Waals surface area contributed by atoms with E-state index in [1.54, 1.807) is 0 Å². The van der Waals surface area contributed by atoms with Crippen LogP contribution in [0, 0.1) is 5.92 Å². The van der Waals surface area contributed by atoms with Crippen LogP contribution >= 0.6 is 0 Å². The van der Waals surface area contributed by atoms with Gasteiger partial charge in [-0.2, -0.15) is 0 Å². The van der Waals surface area contributed by atoms with Crippen molar-refractivity contribution in [2.45, 2.75) is 32.1 Å². The van der Waals surface area contributed by atoms with Gasteiger partial charge in [0, 0.05) is 33.8 Å². The predicted octanol–water partition coefficient (Wildman–Crippen LogP) is 13.0. The number of benzene rings is 5. The quantitative estimate of drug-likeness (QED) is 0.184. The molecule has 1 unspecified atom stereocenters. The van der Waals surface area contributed by atoms with Crippen molar-refractivity contribution in [3.63, 3.8) is 0 Å². The van der Waals surface area contributed by atoms with Gasteiger partial charge in [0.25, 0.3) is 0 Å². The Labute approximate surface area is 282 Å². The minimum absolute atomic E-state index is 0.308. The summed E-state index contributed by atoms with van der Waals surface area (Å²) in [5.41, 5.74) is 11.9. The molecular weight excluding hydrogens is 583 g/mol. The second kappa shape index (κ2) is 12.2. The average molecular weight is 620 g/mol. The number of nitrogens with zero attached hydrogens (tertiary/aromatic N) is 1. The largest absolute Gasteiger partial charge is 0.456 e. The van der Waals surface area contributed by atoms with Crippen LogP contribution in [0.5, 0.6) is 0 Å². The number of furan rings is 1. The number of fused-ring (bicyclic) bond motifs is 5. The van der Waals surface area contributed by atoms with Gasteiger partial charge in [0.05, 0.1) is 0 Å². The first-order valence-electron chi connectivity index (χ1n) is 17.3. The van der Waals surface area contributed by atoms with Crippen LogP contribution < -0.4 is 4.90 Å². The molecule has 0 saturated carbocycles. The van der Waals surface area contributed by atoms with Crippen molar-refractivity contribution < 1.29 is 4.42 Å². The van der Waals surface area contributed by atoms with Crippen molar-refractivity contribution in [2.24, 2.45) is 5.92 Å². The molecule has 232 valence electrons. The SMILES string of the molecule is C1=CCC(C2=CCCC=C2)C(N(c2ccc(C3=CCCC=C3)cc2)c2ccc(-c3ccc4ccc5oc6ccccc6c5c4c3)cc2)=C1. The third-order valence-electron chi connectivity index (χ3n) is 10.1. The molecule has 2 nitrogen and oxygen atoms in total. The van der Waals surface area contributed by atoms with E-state index in [2.05, 4.69) is 157 Å². The lowest BCUT2D eigenvalue weighted by Gasteiger charge is -2.35. The number of hydrogen-bond acceptors (Lipinski definition) is 2. The lowest BCUT2D eigenvalue weighted by atomic mass is 9.85. The zero-order chi connectivity index (χ0) is 31.9. The number of allylic oxidation sites excluding steroid dienone is 11. The first kappa shape index (κ1) is 28.6. The third-order valence-corrected chi connectivity index (χ3v) is 10.1. The fourth-order valence-corrected chi connectivity index (χ4v) is 7.65. The zero-order valence-corrected chi connectivity index (χ0v) is 27.0. The minimum atomic E-state index is 0.308. The minimum Gasteiger partial charge on any atom is -0.456 e. The normalized spacial score (nSPS) is 17.5. The van der Waals surface area contributed by atoms with Crippen LogP contribution in [0.2, 0.25) is 0 Å². The molecule has 5 aromatic carbocycles. The molecule has 1 aromatic heterocycles. The molecule has 0 N–H and O–H groups in total. The summed E-state index contributed by atoms with van der Waals surface area (Å²) in [5.74, 6) is 0.308. The zero-order valence-electron chi connectivity index (χ0n) is 27.0. The summed E-state index contributed by atoms with van der Waals surface area (Å²) in [4.78, 5) is 2.47. The summed E-state index contributed by atoms with van der Waals surface area (Å²) in [7, 11) is 0. The van der Waals surface area contributed by atoms with Gasteiger partial charge in [0.1, 0.15) is 11.2 Å². The third kappa shape index (κ3) is 5.15. The molecule has 48 heavy (non-hydrogen) atoms. The van der Waals surface area contributed by atoms with Crippen molar-refractivity contribution in [1.82, 2.24) is 0 Å². The van der Waals surface area contributed by atoms with Crippen molar-refractivity contribution in [3.05, 3.63) is 175 Å². The summed E-state index contributed by atoms with van der Waals surface area (Å²) in [6.45, 7) is 0. The predicted molar refractivity (Wildman–Crippen MR) is 203 cm³/mol. The van der Waals surface area contributed by atoms with Crippen LogP contribution in [0.4, 0.5) is 11.4 Å². The molecular formula is C46H37NO. The Hall–Kier alpha value is -5.60. The van der Waals surface area contributed by atoms with Gasteiger partial charge in [0.2, 0.25) is 0 Å². The average Bonchev–Trinajstić information content (AvgIpc) is 3.56.